The van der Waals surface area contributed by atoms with Gasteiger partial charge in [0.1, 0.15) is 0 Å². The Hall–Kier alpha value is -2.22. The first-order valence-electron chi connectivity index (χ1n) is 9.87. The van der Waals surface area contributed by atoms with Gasteiger partial charge in [0.2, 0.25) is 0 Å². The van der Waals surface area contributed by atoms with E-state index in [1.807, 2.05) is 0 Å². The van der Waals surface area contributed by atoms with Crippen LogP contribution in [0.4, 0.5) is 11.4 Å². The number of H-pyrrole nitrogens is 1. The molecule has 26 heavy (non-hydrogen) atoms. The molecule has 0 unspecified atom stereocenters. The summed E-state index contributed by atoms with van der Waals surface area (Å²) in [6.45, 7) is 0. The third kappa shape index (κ3) is 3.13. The molecule has 0 saturated heterocycles. The maximum atomic E-state index is 3.59. The van der Waals surface area contributed by atoms with Crippen molar-refractivity contribution in [2.45, 2.75) is 64.7 Å². The van der Waals surface area contributed by atoms with Gasteiger partial charge in [-0.15, -0.1) is 0 Å². The number of fused-ring (bicyclic) bond motifs is 2. The molecule has 2 aliphatic carbocycles. The summed E-state index contributed by atoms with van der Waals surface area (Å²) in [6.07, 6.45) is 12.9. The number of hydrogen-bond acceptors (Lipinski definition) is 1. The number of aromatic amines is 1. The Morgan fingerprint density at radius 1 is 0.808 bits per heavy atom. The van der Waals surface area contributed by atoms with Gasteiger partial charge >= 0.3 is 0 Å². The number of anilines is 2. The van der Waals surface area contributed by atoms with Crippen LogP contribution in [0.5, 0.6) is 0 Å². The third-order valence-electron chi connectivity index (χ3n) is 6.15. The highest BCUT2D eigenvalue weighted by Crippen LogP contribution is 2.37. The van der Waals surface area contributed by atoms with Gasteiger partial charge in [0.15, 0.2) is 0 Å². The average Bonchev–Trinajstić information content (AvgIpc) is 3.28. The second-order valence-electron chi connectivity index (χ2n) is 7.80. The molecule has 2 heteroatoms. The molecule has 0 aliphatic heterocycles. The van der Waals surface area contributed by atoms with Crippen molar-refractivity contribution in [1.29, 1.82) is 0 Å². The van der Waals surface area contributed by atoms with Crippen molar-refractivity contribution in [2.24, 2.45) is 0 Å². The standard InChI is InChI=1S/C23H26N2.CH4/c1-2-5-17(6-3-1)22-15-24-23-14-20(11-12-21(22)23)25-19-10-9-16-7-4-8-18(16)13-19;/h9-15,17,24-25H,1-8H2;1H4. The van der Waals surface area contributed by atoms with Crippen molar-refractivity contribution < 1.29 is 0 Å². The molecule has 1 saturated carbocycles. The van der Waals surface area contributed by atoms with E-state index in [0.717, 1.165) is 5.92 Å². The van der Waals surface area contributed by atoms with Crippen LogP contribution in [0.25, 0.3) is 10.9 Å². The van der Waals surface area contributed by atoms with Crippen molar-refractivity contribution in [1.82, 2.24) is 4.98 Å². The first kappa shape index (κ1) is 17.2. The molecule has 0 bridgehead atoms. The lowest BCUT2D eigenvalue weighted by molar-refractivity contribution is 0.445. The lowest BCUT2D eigenvalue weighted by Gasteiger charge is -2.21. The summed E-state index contributed by atoms with van der Waals surface area (Å²) in [7, 11) is 0. The van der Waals surface area contributed by atoms with Crippen LogP contribution in [0.1, 0.15) is 68.6 Å². The Morgan fingerprint density at radius 3 is 2.46 bits per heavy atom. The van der Waals surface area contributed by atoms with Crippen LogP contribution in [0.3, 0.4) is 0 Å². The maximum Gasteiger partial charge on any atom is 0.0477 e. The lowest BCUT2D eigenvalue weighted by atomic mass is 9.84. The molecule has 1 fully saturated rings. The van der Waals surface area contributed by atoms with E-state index in [9.17, 15) is 0 Å². The van der Waals surface area contributed by atoms with E-state index in [1.165, 1.54) is 90.3 Å². The van der Waals surface area contributed by atoms with E-state index in [1.54, 1.807) is 0 Å². The summed E-state index contributed by atoms with van der Waals surface area (Å²) < 4.78 is 0. The van der Waals surface area contributed by atoms with Gasteiger partial charge in [0, 0.05) is 28.5 Å². The molecule has 3 aromatic rings. The molecule has 136 valence electrons. The molecule has 0 spiro atoms. The number of rotatable bonds is 3. The van der Waals surface area contributed by atoms with Crippen LogP contribution in [0, 0.1) is 0 Å². The van der Waals surface area contributed by atoms with Gasteiger partial charge in [-0.05, 0) is 79.0 Å². The molecule has 0 atom stereocenters. The van der Waals surface area contributed by atoms with Crippen molar-refractivity contribution in [3.63, 3.8) is 0 Å². The third-order valence-corrected chi connectivity index (χ3v) is 6.15. The van der Waals surface area contributed by atoms with Crippen LogP contribution in [0.2, 0.25) is 0 Å². The van der Waals surface area contributed by atoms with Gasteiger partial charge in [-0.2, -0.15) is 0 Å². The number of hydrogen-bond donors (Lipinski definition) is 2. The number of nitrogens with one attached hydrogen (secondary N) is 2. The van der Waals surface area contributed by atoms with E-state index >= 15 is 0 Å². The van der Waals surface area contributed by atoms with E-state index in [0.29, 0.717) is 0 Å². The first-order chi connectivity index (χ1) is 12.4. The fourth-order valence-electron chi connectivity index (χ4n) is 4.79. The van der Waals surface area contributed by atoms with Crippen LogP contribution in [-0.4, -0.2) is 4.98 Å². The monoisotopic (exact) mass is 346 g/mol. The largest absolute Gasteiger partial charge is 0.361 e. The van der Waals surface area contributed by atoms with Gasteiger partial charge in [0.25, 0.3) is 0 Å². The summed E-state index contributed by atoms with van der Waals surface area (Å²) in [6, 6.07) is 13.6. The number of benzene rings is 2. The van der Waals surface area contributed by atoms with Crippen molar-refractivity contribution >= 4 is 22.3 Å². The molecule has 2 nitrogen and oxygen atoms in total. The van der Waals surface area contributed by atoms with Gasteiger partial charge in [-0.1, -0.05) is 38.8 Å². The molecule has 2 N–H and O–H groups in total. The van der Waals surface area contributed by atoms with Crippen LogP contribution < -0.4 is 5.32 Å². The summed E-state index contributed by atoms with van der Waals surface area (Å²) in [5.74, 6) is 0.748. The molecule has 1 heterocycles. The fraction of sp³-hybridized carbons (Fsp3) is 0.417. The zero-order valence-electron chi connectivity index (χ0n) is 14.8. The molecule has 1 aromatic heterocycles. The second kappa shape index (κ2) is 7.19. The molecule has 0 amide bonds. The second-order valence-corrected chi connectivity index (χ2v) is 7.80. The van der Waals surface area contributed by atoms with Crippen molar-refractivity contribution in [3.05, 3.63) is 59.3 Å². The average molecular weight is 347 g/mol. The minimum atomic E-state index is 0. The molecule has 2 aliphatic rings. The Bertz CT molecular complexity index is 900. The molecule has 5 rings (SSSR count). The van der Waals surface area contributed by atoms with Gasteiger partial charge in [-0.3, -0.25) is 0 Å². The summed E-state index contributed by atoms with van der Waals surface area (Å²) in [5.41, 5.74) is 8.21. The van der Waals surface area contributed by atoms with Gasteiger partial charge < -0.3 is 10.3 Å². The van der Waals surface area contributed by atoms with E-state index in [4.69, 9.17) is 0 Å². The van der Waals surface area contributed by atoms with Gasteiger partial charge in [0.05, 0.1) is 0 Å². The Morgan fingerprint density at radius 2 is 1.58 bits per heavy atom. The van der Waals surface area contributed by atoms with E-state index < -0.39 is 0 Å². The highest BCUT2D eigenvalue weighted by Gasteiger charge is 2.18. The lowest BCUT2D eigenvalue weighted by Crippen LogP contribution is -2.03. The summed E-state index contributed by atoms with van der Waals surface area (Å²) >= 11 is 0. The molecular formula is C24H30N2. The summed E-state index contributed by atoms with van der Waals surface area (Å²) in [4.78, 5) is 3.51. The predicted octanol–water partition coefficient (Wildman–Crippen LogP) is 7.08. The predicted molar refractivity (Wildman–Crippen MR) is 113 cm³/mol. The quantitative estimate of drug-likeness (QED) is 0.521. The number of aryl methyl sites for hydroxylation is 2. The summed E-state index contributed by atoms with van der Waals surface area (Å²) in [5, 5.41) is 5.00. The molecule has 0 radical (unpaired) electrons. The van der Waals surface area contributed by atoms with Gasteiger partial charge in [-0.25, -0.2) is 0 Å². The Balaban J connectivity index is 0.00000168. The van der Waals surface area contributed by atoms with Crippen LogP contribution in [0.15, 0.2) is 42.6 Å². The fourth-order valence-corrected chi connectivity index (χ4v) is 4.79. The number of aromatic nitrogens is 1. The zero-order valence-corrected chi connectivity index (χ0v) is 14.8. The molecule has 2 aromatic carbocycles. The highest BCUT2D eigenvalue weighted by atomic mass is 14.9. The van der Waals surface area contributed by atoms with Crippen molar-refractivity contribution in [3.8, 4) is 0 Å². The highest BCUT2D eigenvalue weighted by molar-refractivity contribution is 5.87. The zero-order chi connectivity index (χ0) is 16.6. The van der Waals surface area contributed by atoms with Crippen molar-refractivity contribution in [2.75, 3.05) is 5.32 Å². The van der Waals surface area contributed by atoms with Crippen LogP contribution >= 0.6 is 0 Å². The normalized spacial score (nSPS) is 17.1. The smallest absolute Gasteiger partial charge is 0.0477 e. The minimum Gasteiger partial charge on any atom is -0.361 e. The minimum absolute atomic E-state index is 0. The SMILES string of the molecule is C.c1cc2c(cc1Nc1ccc3c(C4CCCCC4)c[nH]c3c1)CCC2. The Labute approximate surface area is 157 Å². The van der Waals surface area contributed by atoms with E-state index in [2.05, 4.69) is 52.9 Å². The first-order valence-corrected chi connectivity index (χ1v) is 9.87. The van der Waals surface area contributed by atoms with E-state index in [-0.39, 0.29) is 7.43 Å². The topological polar surface area (TPSA) is 27.8 Å². The Kier molecular flexibility index (Phi) is 4.76. The van der Waals surface area contributed by atoms with Crippen LogP contribution in [-0.2, 0) is 12.8 Å². The maximum absolute atomic E-state index is 3.59. The molecular weight excluding hydrogens is 316 g/mol.